The van der Waals surface area contributed by atoms with Gasteiger partial charge in [-0.1, -0.05) is 0 Å². The topological polar surface area (TPSA) is 108 Å². The zero-order chi connectivity index (χ0) is 13.9. The van der Waals surface area contributed by atoms with Gasteiger partial charge in [0, 0.05) is 5.56 Å². The third kappa shape index (κ3) is 2.87. The molecule has 0 spiro atoms. The van der Waals surface area contributed by atoms with Gasteiger partial charge in [-0.3, -0.25) is 14.9 Å². The number of nitrogens with two attached hydrogens (primary N) is 1. The molecule has 1 aromatic heterocycles. The van der Waals surface area contributed by atoms with Crippen LogP contribution in [-0.2, 0) is 16.0 Å². The third-order valence-corrected chi connectivity index (χ3v) is 2.09. The number of methoxy groups -OCH3 is 1. The first-order valence-electron chi connectivity index (χ1n) is 4.65. The van der Waals surface area contributed by atoms with Crippen molar-refractivity contribution in [2.24, 2.45) is 0 Å². The number of pyridine rings is 1. The minimum atomic E-state index is -2.94. The van der Waals surface area contributed by atoms with Gasteiger partial charge in [0.25, 0.3) is 6.43 Å². The zero-order valence-electron chi connectivity index (χ0n) is 9.22. The molecule has 0 saturated heterocycles. The van der Waals surface area contributed by atoms with E-state index in [1.165, 1.54) is 0 Å². The molecule has 0 unspecified atom stereocenters. The molecule has 2 N–H and O–H groups in total. The van der Waals surface area contributed by atoms with E-state index in [0.29, 0.717) is 0 Å². The summed E-state index contributed by atoms with van der Waals surface area (Å²) in [5.41, 5.74) is 3.60. The number of aromatic nitrogens is 1. The van der Waals surface area contributed by atoms with Gasteiger partial charge in [-0.25, -0.2) is 13.8 Å². The van der Waals surface area contributed by atoms with Crippen molar-refractivity contribution in [2.75, 3.05) is 12.8 Å². The largest absolute Gasteiger partial charge is 0.469 e. The van der Waals surface area contributed by atoms with Gasteiger partial charge in [-0.15, -0.1) is 0 Å². The molecule has 0 saturated carbocycles. The highest BCUT2D eigenvalue weighted by molar-refractivity contribution is 5.75. The smallest absolute Gasteiger partial charge is 0.314 e. The number of nitro groups is 1. The standard InChI is InChI=1S/C9H9F2N3O4/c1-18-6(15)3-4-2-5(8(10)11)13-9(12)7(4)14(16)17/h2,8H,3H2,1H3,(H2,12,13). The van der Waals surface area contributed by atoms with Crippen LogP contribution in [0.5, 0.6) is 0 Å². The van der Waals surface area contributed by atoms with Gasteiger partial charge in [0.1, 0.15) is 5.69 Å². The first-order valence-corrected chi connectivity index (χ1v) is 4.65. The number of anilines is 1. The number of rotatable bonds is 4. The number of carbonyl (C=O) groups is 1. The molecule has 0 aromatic carbocycles. The van der Waals surface area contributed by atoms with Crippen LogP contribution in [0.1, 0.15) is 17.7 Å². The van der Waals surface area contributed by atoms with Crippen LogP contribution in [0.15, 0.2) is 6.07 Å². The summed E-state index contributed by atoms with van der Waals surface area (Å²) < 4.78 is 29.3. The number of nitrogens with zero attached hydrogens (tertiary/aromatic N) is 2. The van der Waals surface area contributed by atoms with E-state index in [-0.39, 0.29) is 5.56 Å². The lowest BCUT2D eigenvalue weighted by Gasteiger charge is -2.07. The molecule has 7 nitrogen and oxygen atoms in total. The molecule has 0 radical (unpaired) electrons. The van der Waals surface area contributed by atoms with Gasteiger partial charge in [-0.2, -0.15) is 0 Å². The number of hydrogen-bond acceptors (Lipinski definition) is 6. The summed E-state index contributed by atoms with van der Waals surface area (Å²) in [6, 6.07) is 0.774. The molecule has 18 heavy (non-hydrogen) atoms. The predicted molar refractivity (Wildman–Crippen MR) is 56.0 cm³/mol. The van der Waals surface area contributed by atoms with Crippen molar-refractivity contribution in [1.29, 1.82) is 0 Å². The number of hydrogen-bond donors (Lipinski definition) is 1. The summed E-state index contributed by atoms with van der Waals surface area (Å²) in [5.74, 6) is -1.46. The molecular weight excluding hydrogens is 252 g/mol. The number of alkyl halides is 2. The van der Waals surface area contributed by atoms with Crippen LogP contribution in [-0.4, -0.2) is 23.0 Å². The quantitative estimate of drug-likeness (QED) is 0.496. The Balaban J connectivity index is 3.33. The predicted octanol–water partition coefficient (Wildman–Crippen LogP) is 1.23. The second-order valence-electron chi connectivity index (χ2n) is 3.25. The molecule has 1 heterocycles. The fourth-order valence-corrected chi connectivity index (χ4v) is 1.32. The lowest BCUT2D eigenvalue weighted by molar-refractivity contribution is -0.384. The van der Waals surface area contributed by atoms with Crippen molar-refractivity contribution in [3.8, 4) is 0 Å². The molecule has 0 aliphatic rings. The highest BCUT2D eigenvalue weighted by Crippen LogP contribution is 2.29. The highest BCUT2D eigenvalue weighted by Gasteiger charge is 2.25. The number of ether oxygens (including phenoxy) is 1. The van der Waals surface area contributed by atoms with Crippen LogP contribution < -0.4 is 5.73 Å². The molecule has 0 aliphatic carbocycles. The second-order valence-corrected chi connectivity index (χ2v) is 3.25. The molecule has 1 aromatic rings. The fraction of sp³-hybridized carbons (Fsp3) is 0.333. The first kappa shape index (κ1) is 13.7. The summed E-state index contributed by atoms with van der Waals surface area (Å²) in [5, 5.41) is 10.7. The van der Waals surface area contributed by atoms with Crippen molar-refractivity contribution in [2.45, 2.75) is 12.8 Å². The normalized spacial score (nSPS) is 10.4. The Morgan fingerprint density at radius 2 is 2.28 bits per heavy atom. The van der Waals surface area contributed by atoms with Gasteiger partial charge >= 0.3 is 11.7 Å². The van der Waals surface area contributed by atoms with E-state index in [1.807, 2.05) is 0 Å². The molecule has 0 amide bonds. The highest BCUT2D eigenvalue weighted by atomic mass is 19.3. The summed E-state index contributed by atoms with van der Waals surface area (Å²) >= 11 is 0. The minimum Gasteiger partial charge on any atom is -0.469 e. The monoisotopic (exact) mass is 261 g/mol. The van der Waals surface area contributed by atoms with E-state index in [4.69, 9.17) is 5.73 Å². The Hall–Kier alpha value is -2.32. The SMILES string of the molecule is COC(=O)Cc1cc(C(F)F)nc(N)c1[N+](=O)[O-]. The Bertz CT molecular complexity index is 493. The Kier molecular flexibility index (Phi) is 4.08. The van der Waals surface area contributed by atoms with E-state index in [1.54, 1.807) is 0 Å². The van der Waals surface area contributed by atoms with E-state index >= 15 is 0 Å². The van der Waals surface area contributed by atoms with Gasteiger partial charge in [-0.05, 0) is 6.07 Å². The van der Waals surface area contributed by atoms with Crippen LogP contribution >= 0.6 is 0 Å². The maximum atomic E-state index is 12.5. The van der Waals surface area contributed by atoms with E-state index in [2.05, 4.69) is 9.72 Å². The molecule has 98 valence electrons. The third-order valence-electron chi connectivity index (χ3n) is 2.09. The second kappa shape index (κ2) is 5.34. The molecule has 9 heteroatoms. The number of carbonyl (C=O) groups excluding carboxylic acids is 1. The number of halogens is 2. The van der Waals surface area contributed by atoms with E-state index < -0.39 is 40.9 Å². The van der Waals surface area contributed by atoms with Crippen LogP contribution in [0.4, 0.5) is 20.3 Å². The molecule has 0 aliphatic heterocycles. The van der Waals surface area contributed by atoms with Gasteiger partial charge in [0.05, 0.1) is 18.5 Å². The van der Waals surface area contributed by atoms with Crippen molar-refractivity contribution < 1.29 is 23.2 Å². The molecule has 0 bridgehead atoms. The Morgan fingerprint density at radius 1 is 1.67 bits per heavy atom. The Labute approximate surface area is 99.7 Å². The van der Waals surface area contributed by atoms with Crippen LogP contribution in [0, 0.1) is 10.1 Å². The zero-order valence-corrected chi connectivity index (χ0v) is 9.22. The summed E-state index contributed by atoms with van der Waals surface area (Å²) in [7, 11) is 1.08. The molecule has 1 rings (SSSR count). The van der Waals surface area contributed by atoms with Crippen molar-refractivity contribution in [3.05, 3.63) is 27.4 Å². The number of nitrogen functional groups attached to an aromatic ring is 1. The van der Waals surface area contributed by atoms with Crippen molar-refractivity contribution in [1.82, 2.24) is 4.98 Å². The van der Waals surface area contributed by atoms with Gasteiger partial charge < -0.3 is 10.5 Å². The molecular formula is C9H9F2N3O4. The van der Waals surface area contributed by atoms with Gasteiger partial charge in [0.2, 0.25) is 5.82 Å². The first-order chi connectivity index (χ1) is 8.36. The Morgan fingerprint density at radius 3 is 2.72 bits per heavy atom. The van der Waals surface area contributed by atoms with Crippen molar-refractivity contribution in [3.63, 3.8) is 0 Å². The fourth-order valence-electron chi connectivity index (χ4n) is 1.32. The molecule has 0 atom stereocenters. The summed E-state index contributed by atoms with van der Waals surface area (Å²) in [6.45, 7) is 0. The van der Waals surface area contributed by atoms with E-state index in [9.17, 15) is 23.7 Å². The van der Waals surface area contributed by atoms with Crippen LogP contribution in [0.25, 0.3) is 0 Å². The minimum absolute atomic E-state index is 0.255. The molecule has 0 fully saturated rings. The average molecular weight is 261 g/mol. The van der Waals surface area contributed by atoms with Gasteiger partial charge in [0.15, 0.2) is 0 Å². The summed E-state index contributed by atoms with van der Waals surface area (Å²) in [4.78, 5) is 24.1. The number of esters is 1. The lowest BCUT2D eigenvalue weighted by Crippen LogP contribution is -2.11. The van der Waals surface area contributed by atoms with Crippen LogP contribution in [0.2, 0.25) is 0 Å². The average Bonchev–Trinajstić information content (AvgIpc) is 2.27. The van der Waals surface area contributed by atoms with Crippen molar-refractivity contribution >= 4 is 17.5 Å². The van der Waals surface area contributed by atoms with Crippen LogP contribution in [0.3, 0.4) is 0 Å². The van der Waals surface area contributed by atoms with E-state index in [0.717, 1.165) is 13.2 Å². The summed E-state index contributed by atoms with van der Waals surface area (Å²) in [6.07, 6.45) is -3.47. The maximum Gasteiger partial charge on any atom is 0.314 e. The maximum absolute atomic E-state index is 12.5. The lowest BCUT2D eigenvalue weighted by atomic mass is 10.1.